The van der Waals surface area contributed by atoms with Crippen LogP contribution in [0.15, 0.2) is 83.8 Å². The zero-order chi connectivity index (χ0) is 20.9. The Balaban J connectivity index is 1.62. The number of benzene rings is 3. The van der Waals surface area contributed by atoms with E-state index in [2.05, 4.69) is 10.0 Å². The van der Waals surface area contributed by atoms with Gasteiger partial charge >= 0.3 is 0 Å². The molecule has 3 rings (SSSR count). The molecule has 29 heavy (non-hydrogen) atoms. The van der Waals surface area contributed by atoms with Crippen molar-refractivity contribution in [3.63, 3.8) is 0 Å². The fraction of sp³-hybridized carbons (Fsp3) is 0.0455. The van der Waals surface area contributed by atoms with E-state index < -0.39 is 10.0 Å². The van der Waals surface area contributed by atoms with Gasteiger partial charge in [0.25, 0.3) is 10.0 Å². The third-order valence-corrected chi connectivity index (χ3v) is 5.64. The van der Waals surface area contributed by atoms with Crippen LogP contribution in [0.5, 0.6) is 0 Å². The highest BCUT2D eigenvalue weighted by molar-refractivity contribution is 7.92. The van der Waals surface area contributed by atoms with Crippen LogP contribution >= 0.6 is 11.6 Å². The van der Waals surface area contributed by atoms with Crippen molar-refractivity contribution in [1.29, 1.82) is 0 Å². The fourth-order valence-electron chi connectivity index (χ4n) is 2.52. The van der Waals surface area contributed by atoms with Gasteiger partial charge in [-0.2, -0.15) is 0 Å². The molecule has 0 aliphatic rings. The third-order valence-electron chi connectivity index (χ3n) is 4.01. The van der Waals surface area contributed by atoms with Crippen molar-refractivity contribution < 1.29 is 13.2 Å². The quantitative estimate of drug-likeness (QED) is 0.538. The molecule has 0 saturated heterocycles. The Kier molecular flexibility index (Phi) is 6.36. The number of sulfonamides is 1. The molecule has 3 aromatic rings. The minimum Gasteiger partial charge on any atom is -0.323 e. The molecule has 0 radical (unpaired) electrons. The van der Waals surface area contributed by atoms with E-state index in [0.29, 0.717) is 16.4 Å². The van der Waals surface area contributed by atoms with Crippen LogP contribution in [-0.2, 0) is 14.8 Å². The Morgan fingerprint density at radius 3 is 2.24 bits per heavy atom. The highest BCUT2D eigenvalue weighted by atomic mass is 35.5. The Morgan fingerprint density at radius 1 is 0.931 bits per heavy atom. The molecule has 0 unspecified atom stereocenters. The molecule has 0 saturated carbocycles. The van der Waals surface area contributed by atoms with Crippen molar-refractivity contribution in [1.82, 2.24) is 0 Å². The van der Waals surface area contributed by atoms with E-state index in [4.69, 9.17) is 11.6 Å². The van der Waals surface area contributed by atoms with Gasteiger partial charge < -0.3 is 5.32 Å². The van der Waals surface area contributed by atoms with Gasteiger partial charge in [-0.05, 0) is 67.1 Å². The highest BCUT2D eigenvalue weighted by Crippen LogP contribution is 2.19. The predicted molar refractivity (Wildman–Crippen MR) is 118 cm³/mol. The number of rotatable bonds is 6. The van der Waals surface area contributed by atoms with E-state index in [1.165, 1.54) is 6.08 Å². The Bertz CT molecular complexity index is 1140. The van der Waals surface area contributed by atoms with E-state index >= 15 is 0 Å². The van der Waals surface area contributed by atoms with Gasteiger partial charge in [-0.3, -0.25) is 9.52 Å². The standard InChI is InChI=1S/C22H19ClN2O3S/c1-16-5-12-21(13-6-16)29(27,28)25-20-10-8-19(9-11-20)24-22(26)14-7-17-3-2-4-18(23)15-17/h2-15,25H,1H3,(H,24,26). The van der Waals surface area contributed by atoms with Crippen LogP contribution in [0.4, 0.5) is 11.4 Å². The summed E-state index contributed by atoms with van der Waals surface area (Å²) < 4.78 is 27.4. The van der Waals surface area contributed by atoms with Crippen LogP contribution in [0.1, 0.15) is 11.1 Å². The second-order valence-corrected chi connectivity index (χ2v) is 8.49. The lowest BCUT2D eigenvalue weighted by molar-refractivity contribution is -0.111. The molecule has 3 aromatic carbocycles. The zero-order valence-corrected chi connectivity index (χ0v) is 17.2. The Labute approximate surface area is 175 Å². The van der Waals surface area contributed by atoms with Crippen molar-refractivity contribution in [3.8, 4) is 0 Å². The van der Waals surface area contributed by atoms with Crippen LogP contribution in [0.3, 0.4) is 0 Å². The second kappa shape index (κ2) is 8.94. The molecular weight excluding hydrogens is 408 g/mol. The summed E-state index contributed by atoms with van der Waals surface area (Å²) in [4.78, 5) is 12.2. The van der Waals surface area contributed by atoms with E-state index in [1.54, 1.807) is 72.8 Å². The molecule has 0 aliphatic heterocycles. The number of carbonyl (C=O) groups excluding carboxylic acids is 1. The number of anilines is 2. The number of amides is 1. The first kappa shape index (κ1) is 20.6. The molecular formula is C22H19ClN2O3S. The van der Waals surface area contributed by atoms with Crippen molar-refractivity contribution in [2.24, 2.45) is 0 Å². The summed E-state index contributed by atoms with van der Waals surface area (Å²) in [5, 5.41) is 3.31. The molecule has 0 heterocycles. The van der Waals surface area contributed by atoms with Crippen LogP contribution in [-0.4, -0.2) is 14.3 Å². The maximum atomic E-state index is 12.4. The average Bonchev–Trinajstić information content (AvgIpc) is 2.68. The molecule has 0 spiro atoms. The number of carbonyl (C=O) groups is 1. The van der Waals surface area contributed by atoms with Gasteiger partial charge in [-0.1, -0.05) is 41.4 Å². The first-order valence-electron chi connectivity index (χ1n) is 8.76. The summed E-state index contributed by atoms with van der Waals surface area (Å²) in [5.41, 5.74) is 2.74. The summed E-state index contributed by atoms with van der Waals surface area (Å²) in [5.74, 6) is -0.307. The average molecular weight is 427 g/mol. The normalized spacial score (nSPS) is 11.4. The maximum absolute atomic E-state index is 12.4. The first-order chi connectivity index (χ1) is 13.8. The number of halogens is 1. The van der Waals surface area contributed by atoms with E-state index in [1.807, 2.05) is 13.0 Å². The molecule has 148 valence electrons. The van der Waals surface area contributed by atoms with E-state index in [9.17, 15) is 13.2 Å². The molecule has 2 N–H and O–H groups in total. The number of aryl methyl sites for hydroxylation is 1. The third kappa shape index (κ3) is 5.94. The minimum absolute atomic E-state index is 0.187. The minimum atomic E-state index is -3.67. The number of hydrogen-bond acceptors (Lipinski definition) is 3. The summed E-state index contributed by atoms with van der Waals surface area (Å²) in [6, 6.07) is 20.2. The van der Waals surface area contributed by atoms with Gasteiger partial charge in [0.2, 0.25) is 5.91 Å². The number of nitrogens with one attached hydrogen (secondary N) is 2. The van der Waals surface area contributed by atoms with Gasteiger partial charge in [-0.25, -0.2) is 8.42 Å². The van der Waals surface area contributed by atoms with Gasteiger partial charge in [0.05, 0.1) is 4.90 Å². The SMILES string of the molecule is Cc1ccc(S(=O)(=O)Nc2ccc(NC(=O)C=Cc3cccc(Cl)c3)cc2)cc1. The monoisotopic (exact) mass is 426 g/mol. The Morgan fingerprint density at radius 2 is 1.59 bits per heavy atom. The molecule has 0 bridgehead atoms. The van der Waals surface area contributed by atoms with Gasteiger partial charge in [-0.15, -0.1) is 0 Å². The van der Waals surface area contributed by atoms with Crippen molar-refractivity contribution >= 4 is 45.0 Å². The van der Waals surface area contributed by atoms with Gasteiger partial charge in [0.1, 0.15) is 0 Å². The molecule has 0 aromatic heterocycles. The summed E-state index contributed by atoms with van der Waals surface area (Å²) >= 11 is 5.91. The summed E-state index contributed by atoms with van der Waals surface area (Å²) in [6.07, 6.45) is 3.06. The molecule has 1 amide bonds. The van der Waals surface area contributed by atoms with Gasteiger partial charge in [0, 0.05) is 22.5 Å². The van der Waals surface area contributed by atoms with Gasteiger partial charge in [0.15, 0.2) is 0 Å². The van der Waals surface area contributed by atoms with Crippen molar-refractivity contribution in [2.75, 3.05) is 10.0 Å². The maximum Gasteiger partial charge on any atom is 0.261 e. The highest BCUT2D eigenvalue weighted by Gasteiger charge is 2.13. The predicted octanol–water partition coefficient (Wildman–Crippen LogP) is 5.10. The van der Waals surface area contributed by atoms with Crippen LogP contribution in [0.25, 0.3) is 6.08 Å². The molecule has 7 heteroatoms. The lowest BCUT2D eigenvalue weighted by Crippen LogP contribution is -2.13. The molecule has 0 fully saturated rings. The van der Waals surface area contributed by atoms with Crippen LogP contribution < -0.4 is 10.0 Å². The fourth-order valence-corrected chi connectivity index (χ4v) is 3.78. The smallest absolute Gasteiger partial charge is 0.261 e. The lowest BCUT2D eigenvalue weighted by Gasteiger charge is -2.09. The van der Waals surface area contributed by atoms with Crippen molar-refractivity contribution in [2.45, 2.75) is 11.8 Å². The molecule has 0 atom stereocenters. The molecule has 0 aliphatic carbocycles. The second-order valence-electron chi connectivity index (χ2n) is 6.37. The van der Waals surface area contributed by atoms with E-state index in [0.717, 1.165) is 11.1 Å². The first-order valence-corrected chi connectivity index (χ1v) is 10.6. The van der Waals surface area contributed by atoms with Crippen LogP contribution in [0.2, 0.25) is 5.02 Å². The zero-order valence-electron chi connectivity index (χ0n) is 15.6. The van der Waals surface area contributed by atoms with Crippen molar-refractivity contribution in [3.05, 3.63) is 95.0 Å². The summed E-state index contributed by atoms with van der Waals surface area (Å²) in [6.45, 7) is 1.89. The molecule has 5 nitrogen and oxygen atoms in total. The topological polar surface area (TPSA) is 75.3 Å². The Hall–Kier alpha value is -3.09. The summed E-state index contributed by atoms with van der Waals surface area (Å²) in [7, 11) is -3.67. The number of hydrogen-bond donors (Lipinski definition) is 2. The largest absolute Gasteiger partial charge is 0.323 e. The van der Waals surface area contributed by atoms with E-state index in [-0.39, 0.29) is 10.8 Å². The lowest BCUT2D eigenvalue weighted by atomic mass is 10.2. The van der Waals surface area contributed by atoms with Crippen LogP contribution in [0, 0.1) is 6.92 Å².